The Morgan fingerprint density at radius 2 is 1.56 bits per heavy atom. The third kappa shape index (κ3) is 4.80. The molecule has 1 N–H and O–H groups in total. The Morgan fingerprint density at radius 1 is 0.944 bits per heavy atom. The van der Waals surface area contributed by atoms with Gasteiger partial charge in [0.1, 0.15) is 16.4 Å². The number of carboxylic acids is 1. The molecule has 0 spiro atoms. The summed E-state index contributed by atoms with van der Waals surface area (Å²) >= 11 is 5.92. The number of hydrogen-bond donors (Lipinski definition) is 1. The van der Waals surface area contributed by atoms with E-state index in [0.717, 1.165) is 18.2 Å². The number of carboxylic acid groups (broad SMARTS) is 1. The Balaban J connectivity index is 1.66. The minimum absolute atomic E-state index is 0.0208. The first kappa shape index (κ1) is 26.0. The van der Waals surface area contributed by atoms with Gasteiger partial charge in [-0.3, -0.25) is 4.79 Å². The van der Waals surface area contributed by atoms with Gasteiger partial charge in [0.2, 0.25) is 0 Å². The lowest BCUT2D eigenvalue weighted by molar-refractivity contribution is 0.0690. The molecule has 1 saturated carbocycles. The van der Waals surface area contributed by atoms with Crippen LogP contribution in [0.2, 0.25) is 5.02 Å². The second kappa shape index (κ2) is 10.1. The van der Waals surface area contributed by atoms with Crippen LogP contribution in [-0.2, 0) is 14.6 Å². The molecule has 1 aliphatic rings. The van der Waals surface area contributed by atoms with Crippen LogP contribution in [0.15, 0.2) is 71.6 Å². The van der Waals surface area contributed by atoms with Gasteiger partial charge >= 0.3 is 5.97 Å². The van der Waals surface area contributed by atoms with E-state index in [4.69, 9.17) is 11.6 Å². The molecule has 188 valence electrons. The van der Waals surface area contributed by atoms with Gasteiger partial charge in [-0.25, -0.2) is 22.0 Å². The lowest BCUT2D eigenvalue weighted by Gasteiger charge is -2.40. The first-order chi connectivity index (χ1) is 17.0. The molecule has 0 atom stereocenters. The van der Waals surface area contributed by atoms with E-state index in [1.165, 1.54) is 42.5 Å². The summed E-state index contributed by atoms with van der Waals surface area (Å²) in [6, 6.07) is 14.2. The number of halogens is 3. The first-order valence-corrected chi connectivity index (χ1v) is 13.2. The molecule has 0 bridgehead atoms. The number of sulfone groups is 1. The van der Waals surface area contributed by atoms with E-state index in [2.05, 4.69) is 0 Å². The molecule has 1 fully saturated rings. The van der Waals surface area contributed by atoms with Crippen molar-refractivity contribution in [1.82, 2.24) is 0 Å². The molecule has 3 aromatic rings. The van der Waals surface area contributed by atoms with Crippen molar-refractivity contribution in [3.63, 3.8) is 0 Å². The average molecular weight is 533 g/mol. The molecule has 0 heterocycles. The van der Waals surface area contributed by atoms with Crippen molar-refractivity contribution in [3.8, 4) is 0 Å². The Labute approximate surface area is 212 Å². The topological polar surface area (TPSA) is 88.5 Å². The van der Waals surface area contributed by atoms with Crippen molar-refractivity contribution < 1.29 is 31.9 Å². The van der Waals surface area contributed by atoms with Crippen LogP contribution < -0.4 is 0 Å². The number of aromatic carboxylic acids is 1. The quantitative estimate of drug-likeness (QED) is 0.353. The second-order valence-electron chi connectivity index (χ2n) is 9.00. The van der Waals surface area contributed by atoms with Gasteiger partial charge in [0.15, 0.2) is 15.6 Å². The summed E-state index contributed by atoms with van der Waals surface area (Å²) in [7, 11) is -4.18. The van der Waals surface area contributed by atoms with Crippen molar-refractivity contribution in [2.24, 2.45) is 5.92 Å². The van der Waals surface area contributed by atoms with E-state index in [1.54, 1.807) is 6.07 Å². The zero-order valence-corrected chi connectivity index (χ0v) is 20.7. The van der Waals surface area contributed by atoms with Crippen molar-refractivity contribution in [2.75, 3.05) is 0 Å². The van der Waals surface area contributed by atoms with E-state index < -0.39 is 32.2 Å². The fraction of sp³-hybridized carbons (Fsp3) is 0.259. The molecule has 36 heavy (non-hydrogen) atoms. The minimum Gasteiger partial charge on any atom is -0.478 e. The maximum Gasteiger partial charge on any atom is 0.336 e. The second-order valence-corrected chi connectivity index (χ2v) is 11.7. The summed E-state index contributed by atoms with van der Waals surface area (Å²) in [6.07, 6.45) is 0.466. The summed E-state index contributed by atoms with van der Waals surface area (Å²) in [4.78, 5) is 24.4. The molecule has 0 saturated heterocycles. The van der Waals surface area contributed by atoms with Crippen LogP contribution in [0.5, 0.6) is 0 Å². The predicted octanol–water partition coefficient (Wildman–Crippen LogP) is 6.45. The normalized spacial score (nSPS) is 20.1. The Kier molecular flexibility index (Phi) is 7.29. The Morgan fingerprint density at radius 3 is 2.17 bits per heavy atom. The summed E-state index contributed by atoms with van der Waals surface area (Å²) in [5.41, 5.74) is -0.245. The predicted molar refractivity (Wildman–Crippen MR) is 131 cm³/mol. The SMILES string of the molecule is O=C(O)c1ccccc1C(=O)CC1CCC(c2cc(F)ccc2F)(S(=O)(=O)c2ccc(Cl)cc2)CC1. The molecule has 4 rings (SSSR count). The van der Waals surface area contributed by atoms with Gasteiger partial charge in [0.25, 0.3) is 0 Å². The molecular weight excluding hydrogens is 510 g/mol. The van der Waals surface area contributed by atoms with E-state index in [9.17, 15) is 31.9 Å². The number of carbonyl (C=O) groups is 2. The number of ketones is 1. The van der Waals surface area contributed by atoms with Gasteiger partial charge in [-0.2, -0.15) is 0 Å². The molecule has 3 aromatic carbocycles. The van der Waals surface area contributed by atoms with Gasteiger partial charge in [-0.1, -0.05) is 29.8 Å². The minimum atomic E-state index is -4.18. The smallest absolute Gasteiger partial charge is 0.336 e. The molecule has 0 aromatic heterocycles. The van der Waals surface area contributed by atoms with E-state index in [1.807, 2.05) is 0 Å². The lowest BCUT2D eigenvalue weighted by atomic mass is 9.75. The van der Waals surface area contributed by atoms with Crippen molar-refractivity contribution in [1.29, 1.82) is 0 Å². The highest BCUT2D eigenvalue weighted by molar-refractivity contribution is 7.92. The first-order valence-electron chi connectivity index (χ1n) is 11.4. The van der Waals surface area contributed by atoms with Crippen LogP contribution in [0.25, 0.3) is 0 Å². The summed E-state index contributed by atoms with van der Waals surface area (Å²) < 4.78 is 55.2. The van der Waals surface area contributed by atoms with E-state index in [0.29, 0.717) is 5.02 Å². The van der Waals surface area contributed by atoms with E-state index >= 15 is 0 Å². The standard InChI is InChI=1S/C27H23ClF2O5S/c28-18-5-8-20(9-6-18)36(34,35)27(23-16-19(29)7-10-24(23)30)13-11-17(12-14-27)15-25(31)21-3-1-2-4-22(21)26(32)33/h1-10,16-17H,11-15H2,(H,32,33). The number of hydrogen-bond acceptors (Lipinski definition) is 4. The maximum absolute atomic E-state index is 15.0. The summed E-state index contributed by atoms with van der Waals surface area (Å²) in [5.74, 6) is -3.39. The van der Waals surface area contributed by atoms with E-state index in [-0.39, 0.29) is 65.4 Å². The van der Waals surface area contributed by atoms with Crippen molar-refractivity contribution >= 4 is 33.2 Å². The third-order valence-corrected chi connectivity index (χ3v) is 9.70. The average Bonchev–Trinajstić information content (AvgIpc) is 2.86. The summed E-state index contributed by atoms with van der Waals surface area (Å²) in [6.45, 7) is 0. The highest BCUT2D eigenvalue weighted by Crippen LogP contribution is 2.50. The van der Waals surface area contributed by atoms with Crippen LogP contribution in [0.1, 0.15) is 58.4 Å². The van der Waals surface area contributed by atoms with Crippen LogP contribution in [0, 0.1) is 17.6 Å². The van der Waals surface area contributed by atoms with Crippen LogP contribution >= 0.6 is 11.6 Å². The van der Waals surface area contributed by atoms with Gasteiger partial charge in [0.05, 0.1) is 10.5 Å². The number of benzene rings is 3. The fourth-order valence-electron chi connectivity index (χ4n) is 5.00. The zero-order valence-electron chi connectivity index (χ0n) is 19.1. The molecule has 0 aliphatic heterocycles. The zero-order chi connectivity index (χ0) is 26.1. The van der Waals surface area contributed by atoms with Crippen LogP contribution in [0.4, 0.5) is 8.78 Å². The van der Waals surface area contributed by atoms with Gasteiger partial charge in [0, 0.05) is 22.6 Å². The van der Waals surface area contributed by atoms with Crippen LogP contribution in [-0.4, -0.2) is 25.3 Å². The lowest BCUT2D eigenvalue weighted by Crippen LogP contribution is -2.41. The Hall–Kier alpha value is -3.10. The number of carbonyl (C=O) groups excluding carboxylic acids is 1. The highest BCUT2D eigenvalue weighted by Gasteiger charge is 2.50. The number of rotatable bonds is 7. The van der Waals surface area contributed by atoms with Crippen molar-refractivity contribution in [3.05, 3.63) is 100 Å². The largest absolute Gasteiger partial charge is 0.478 e. The highest BCUT2D eigenvalue weighted by atomic mass is 35.5. The molecule has 0 unspecified atom stereocenters. The molecule has 1 aliphatic carbocycles. The summed E-state index contributed by atoms with van der Waals surface area (Å²) in [5, 5.41) is 9.72. The Bertz CT molecular complexity index is 1410. The van der Waals surface area contributed by atoms with Gasteiger partial charge in [-0.05, 0) is 80.1 Å². The van der Waals surface area contributed by atoms with Gasteiger partial charge in [-0.15, -0.1) is 0 Å². The maximum atomic E-state index is 15.0. The molecular formula is C27H23ClF2O5S. The fourth-order valence-corrected chi connectivity index (χ4v) is 7.29. The molecule has 0 radical (unpaired) electrons. The molecule has 5 nitrogen and oxygen atoms in total. The molecule has 9 heteroatoms. The number of Topliss-reactive ketones (excluding diaryl/α,β-unsaturated/α-hetero) is 1. The van der Waals surface area contributed by atoms with Gasteiger partial charge < -0.3 is 5.11 Å². The van der Waals surface area contributed by atoms with Crippen LogP contribution in [0.3, 0.4) is 0 Å². The molecule has 0 amide bonds. The third-order valence-electron chi connectivity index (χ3n) is 6.90. The van der Waals surface area contributed by atoms with Crippen molar-refractivity contribution in [2.45, 2.75) is 41.7 Å². The monoisotopic (exact) mass is 532 g/mol.